The van der Waals surface area contributed by atoms with E-state index in [0.29, 0.717) is 19.3 Å². The van der Waals surface area contributed by atoms with Crippen molar-refractivity contribution in [3.05, 3.63) is 24.2 Å². The Morgan fingerprint density at radius 1 is 1.22 bits per heavy atom. The molecule has 4 aliphatic rings. The minimum atomic E-state index is -1.44. The quantitative estimate of drug-likeness (QED) is 0.719. The molecule has 1 aromatic rings. The summed E-state index contributed by atoms with van der Waals surface area (Å²) in [7, 11) is 0. The summed E-state index contributed by atoms with van der Waals surface area (Å²) in [6.45, 7) is 1.72. The van der Waals surface area contributed by atoms with Crippen LogP contribution in [0.3, 0.4) is 0 Å². The van der Waals surface area contributed by atoms with E-state index in [2.05, 4.69) is 0 Å². The number of ether oxygens (including phenoxy) is 2. The maximum atomic E-state index is 13.3. The number of aliphatic hydroxyl groups excluding tert-OH is 1. The normalized spacial score (nSPS) is 48.9. The summed E-state index contributed by atoms with van der Waals surface area (Å²) < 4.78 is 16.2. The van der Waals surface area contributed by atoms with Crippen LogP contribution in [0.5, 0.6) is 0 Å². The summed E-state index contributed by atoms with van der Waals surface area (Å²) in [4.78, 5) is 25.7. The molecule has 7 nitrogen and oxygen atoms in total. The molecule has 2 N–H and O–H groups in total. The standard InChI is InChI=1S/C20H24O7/c1-18(24)8-15(21)19-10-26-16(22)12(19)3-2-4-14(19)20(18)7-13(27-17(20)23)11-5-6-25-9-11/h5-6,9,12-15,21,24H,2-4,7-8,10H2,1H3. The lowest BCUT2D eigenvalue weighted by Crippen LogP contribution is -2.69. The van der Waals surface area contributed by atoms with Crippen molar-refractivity contribution in [2.45, 2.75) is 56.8 Å². The van der Waals surface area contributed by atoms with E-state index < -0.39 is 40.5 Å². The summed E-state index contributed by atoms with van der Waals surface area (Å²) in [5.74, 6) is -1.55. The Kier molecular flexibility index (Phi) is 3.42. The molecule has 2 aliphatic heterocycles. The molecule has 0 amide bonds. The van der Waals surface area contributed by atoms with Crippen LogP contribution in [0, 0.1) is 22.7 Å². The van der Waals surface area contributed by atoms with E-state index in [-0.39, 0.29) is 24.9 Å². The number of cyclic esters (lactones) is 2. The molecular formula is C20H24O7. The summed E-state index contributed by atoms with van der Waals surface area (Å²) in [6, 6.07) is 1.75. The molecule has 2 spiro atoms. The van der Waals surface area contributed by atoms with Crippen molar-refractivity contribution in [2.24, 2.45) is 22.7 Å². The summed E-state index contributed by atoms with van der Waals surface area (Å²) in [5, 5.41) is 22.4. The van der Waals surface area contributed by atoms with Gasteiger partial charge >= 0.3 is 11.9 Å². The first-order valence-electron chi connectivity index (χ1n) is 9.63. The van der Waals surface area contributed by atoms with Crippen LogP contribution in [-0.2, 0) is 19.1 Å². The smallest absolute Gasteiger partial charge is 0.316 e. The van der Waals surface area contributed by atoms with Gasteiger partial charge in [-0.25, -0.2) is 0 Å². The third kappa shape index (κ3) is 1.94. The summed E-state index contributed by atoms with van der Waals surface area (Å²) >= 11 is 0. The first kappa shape index (κ1) is 17.3. The zero-order valence-electron chi connectivity index (χ0n) is 15.2. The van der Waals surface area contributed by atoms with Crippen molar-refractivity contribution in [3.63, 3.8) is 0 Å². The molecular weight excluding hydrogens is 352 g/mol. The molecule has 7 atom stereocenters. The average molecular weight is 376 g/mol. The fraction of sp³-hybridized carbons (Fsp3) is 0.700. The number of fused-ring (bicyclic) bond motifs is 1. The van der Waals surface area contributed by atoms with E-state index in [0.717, 1.165) is 12.0 Å². The second-order valence-electron chi connectivity index (χ2n) is 8.88. The third-order valence-electron chi connectivity index (χ3n) is 7.84. The average Bonchev–Trinajstić information content (AvgIpc) is 3.32. The van der Waals surface area contributed by atoms with Gasteiger partial charge in [-0.05, 0) is 31.7 Å². The van der Waals surface area contributed by atoms with Crippen molar-refractivity contribution in [2.75, 3.05) is 6.61 Å². The monoisotopic (exact) mass is 376 g/mol. The maximum Gasteiger partial charge on any atom is 0.316 e. The fourth-order valence-corrected chi connectivity index (χ4v) is 6.55. The van der Waals surface area contributed by atoms with E-state index >= 15 is 0 Å². The Labute approximate surface area is 156 Å². The van der Waals surface area contributed by atoms with Crippen molar-refractivity contribution < 1.29 is 33.7 Å². The SMILES string of the molecule is CC1(O)CC(O)C23COC(=O)C2CCCC3C12CC(c1ccoc1)OC2=O. The molecule has 2 aliphatic carbocycles. The Hall–Kier alpha value is -1.86. The van der Waals surface area contributed by atoms with Crippen molar-refractivity contribution in [3.8, 4) is 0 Å². The Balaban J connectivity index is 1.64. The lowest BCUT2D eigenvalue weighted by atomic mass is 9.42. The molecule has 4 fully saturated rings. The van der Waals surface area contributed by atoms with E-state index in [1.54, 1.807) is 19.3 Å². The van der Waals surface area contributed by atoms with Gasteiger partial charge in [0.2, 0.25) is 0 Å². The highest BCUT2D eigenvalue weighted by Gasteiger charge is 2.76. The summed E-state index contributed by atoms with van der Waals surface area (Å²) in [6.07, 6.45) is 4.03. The van der Waals surface area contributed by atoms with Crippen LogP contribution < -0.4 is 0 Å². The van der Waals surface area contributed by atoms with Gasteiger partial charge < -0.3 is 24.1 Å². The second kappa shape index (κ2) is 5.35. The minimum Gasteiger partial charge on any atom is -0.472 e. The number of furan rings is 1. The van der Waals surface area contributed by atoms with Crippen molar-refractivity contribution in [1.29, 1.82) is 0 Å². The first-order chi connectivity index (χ1) is 12.8. The number of hydrogen-bond donors (Lipinski definition) is 2. The highest BCUT2D eigenvalue weighted by Crippen LogP contribution is 2.69. The lowest BCUT2D eigenvalue weighted by Gasteiger charge is -2.60. The van der Waals surface area contributed by atoms with Gasteiger partial charge in [0, 0.05) is 23.8 Å². The van der Waals surface area contributed by atoms with Crippen LogP contribution in [0.4, 0.5) is 0 Å². The molecule has 0 bridgehead atoms. The fourth-order valence-electron chi connectivity index (χ4n) is 6.55. The largest absolute Gasteiger partial charge is 0.472 e. The molecule has 0 radical (unpaired) electrons. The van der Waals surface area contributed by atoms with E-state index in [1.165, 1.54) is 6.26 Å². The van der Waals surface area contributed by atoms with Gasteiger partial charge in [-0.2, -0.15) is 0 Å². The van der Waals surface area contributed by atoms with Crippen molar-refractivity contribution >= 4 is 11.9 Å². The van der Waals surface area contributed by atoms with Crippen LogP contribution in [0.2, 0.25) is 0 Å². The molecule has 2 saturated heterocycles. The second-order valence-corrected chi connectivity index (χ2v) is 8.88. The van der Waals surface area contributed by atoms with E-state index in [4.69, 9.17) is 13.9 Å². The lowest BCUT2D eigenvalue weighted by molar-refractivity contribution is -0.238. The predicted octanol–water partition coefficient (Wildman–Crippen LogP) is 1.73. The van der Waals surface area contributed by atoms with Gasteiger partial charge in [0.25, 0.3) is 0 Å². The minimum absolute atomic E-state index is 0.0177. The number of hydrogen-bond acceptors (Lipinski definition) is 7. The summed E-state index contributed by atoms with van der Waals surface area (Å²) in [5.41, 5.74) is -2.70. The highest BCUT2D eigenvalue weighted by atomic mass is 16.6. The number of aliphatic hydroxyl groups is 2. The number of carbonyl (C=O) groups excluding carboxylic acids is 2. The molecule has 2 saturated carbocycles. The van der Waals surface area contributed by atoms with Crippen molar-refractivity contribution in [1.82, 2.24) is 0 Å². The molecule has 146 valence electrons. The predicted molar refractivity (Wildman–Crippen MR) is 90.1 cm³/mol. The van der Waals surface area contributed by atoms with E-state index in [9.17, 15) is 19.8 Å². The number of esters is 2. The van der Waals surface area contributed by atoms with Crippen LogP contribution in [0.15, 0.2) is 23.0 Å². The van der Waals surface area contributed by atoms with Gasteiger partial charge in [-0.1, -0.05) is 6.42 Å². The van der Waals surface area contributed by atoms with Crippen LogP contribution >= 0.6 is 0 Å². The van der Waals surface area contributed by atoms with Gasteiger partial charge in [0.1, 0.15) is 18.1 Å². The molecule has 7 heteroatoms. The van der Waals surface area contributed by atoms with Crippen LogP contribution in [0.1, 0.15) is 50.7 Å². The molecule has 5 rings (SSSR count). The molecule has 7 unspecified atom stereocenters. The van der Waals surface area contributed by atoms with Crippen LogP contribution in [0.25, 0.3) is 0 Å². The Morgan fingerprint density at radius 2 is 2.04 bits per heavy atom. The molecule has 3 heterocycles. The zero-order chi connectivity index (χ0) is 19.0. The van der Waals surface area contributed by atoms with E-state index in [1.807, 2.05) is 0 Å². The van der Waals surface area contributed by atoms with Gasteiger partial charge in [0.05, 0.1) is 30.1 Å². The molecule has 27 heavy (non-hydrogen) atoms. The van der Waals surface area contributed by atoms with Gasteiger partial charge in [-0.15, -0.1) is 0 Å². The third-order valence-corrected chi connectivity index (χ3v) is 7.84. The maximum absolute atomic E-state index is 13.3. The molecule has 0 aromatic carbocycles. The topological polar surface area (TPSA) is 106 Å². The zero-order valence-corrected chi connectivity index (χ0v) is 15.2. The van der Waals surface area contributed by atoms with Gasteiger partial charge in [0.15, 0.2) is 0 Å². The van der Waals surface area contributed by atoms with Crippen LogP contribution in [-0.4, -0.2) is 40.5 Å². The number of rotatable bonds is 1. The molecule has 1 aromatic heterocycles. The number of carbonyl (C=O) groups is 2. The first-order valence-corrected chi connectivity index (χ1v) is 9.63. The Bertz CT molecular complexity index is 784. The Morgan fingerprint density at radius 3 is 2.78 bits per heavy atom. The highest BCUT2D eigenvalue weighted by molar-refractivity contribution is 5.83. The van der Waals surface area contributed by atoms with Gasteiger partial charge in [-0.3, -0.25) is 9.59 Å².